The standard InChI is InChI=1S/C37H58O9/c1-32(2)14-16-37(31(44)45)17-15-35(6)19(21(37)18-32)8-9-23-34(5)12-10-20(33(3,4)22(34)11-13-36(23,35)7)24(38)28-26(40)25(39)27(41)29(46-28)30(42)43/h8,20-29,38-41H,9-18H2,1-7H3,(H,42,43)(H,44,45)/t20-,21?,22?,23?,24?,25?,26?,27-,28-,29?,34-,35+,36+,37-/m0/s1. The normalized spacial score (nSPS) is 51.7. The van der Waals surface area contributed by atoms with Gasteiger partial charge in [0.15, 0.2) is 6.10 Å². The summed E-state index contributed by atoms with van der Waals surface area (Å²) in [4.78, 5) is 24.7. The lowest BCUT2D eigenvalue weighted by Crippen LogP contribution is -2.67. The zero-order valence-corrected chi connectivity index (χ0v) is 28.8. The summed E-state index contributed by atoms with van der Waals surface area (Å²) in [6, 6.07) is 0. The molecule has 0 bridgehead atoms. The van der Waals surface area contributed by atoms with Gasteiger partial charge in [0.1, 0.15) is 24.4 Å². The number of carboxylic acid groups (broad SMARTS) is 2. The number of allylic oxidation sites excluding steroid dienone is 2. The van der Waals surface area contributed by atoms with Crippen LogP contribution in [0.15, 0.2) is 11.6 Å². The number of rotatable bonds is 4. The van der Waals surface area contributed by atoms with Gasteiger partial charge in [-0.15, -0.1) is 0 Å². The van der Waals surface area contributed by atoms with Crippen LogP contribution < -0.4 is 0 Å². The van der Waals surface area contributed by atoms with E-state index in [1.807, 2.05) is 0 Å². The van der Waals surface area contributed by atoms with Crippen LogP contribution in [0.1, 0.15) is 113 Å². The summed E-state index contributed by atoms with van der Waals surface area (Å²) >= 11 is 0. The van der Waals surface area contributed by atoms with Gasteiger partial charge in [-0.2, -0.15) is 0 Å². The number of carboxylic acids is 2. The first-order valence-corrected chi connectivity index (χ1v) is 17.7. The molecule has 0 radical (unpaired) electrons. The lowest BCUT2D eigenvalue weighted by atomic mass is 9.33. The highest BCUT2D eigenvalue weighted by atomic mass is 16.6. The molecule has 1 saturated heterocycles. The minimum atomic E-state index is -1.79. The third-order valence-corrected chi connectivity index (χ3v) is 15.8. The number of aliphatic hydroxyl groups is 4. The Hall–Kier alpha value is -1.52. The second kappa shape index (κ2) is 10.7. The predicted molar refractivity (Wildman–Crippen MR) is 170 cm³/mol. The fourth-order valence-corrected chi connectivity index (χ4v) is 12.9. The summed E-state index contributed by atoms with van der Waals surface area (Å²) in [6.45, 7) is 16.3. The van der Waals surface area contributed by atoms with Gasteiger partial charge in [-0.1, -0.05) is 60.1 Å². The lowest BCUT2D eigenvalue weighted by Gasteiger charge is -2.71. The van der Waals surface area contributed by atoms with Crippen molar-refractivity contribution in [3.05, 3.63) is 11.6 Å². The molecule has 5 fully saturated rings. The second-order valence-electron chi connectivity index (χ2n) is 18.5. The van der Waals surface area contributed by atoms with Crippen molar-refractivity contribution in [1.82, 2.24) is 0 Å². The summed E-state index contributed by atoms with van der Waals surface area (Å²) in [5.41, 5.74) is 0.307. The fourth-order valence-electron chi connectivity index (χ4n) is 12.9. The van der Waals surface area contributed by atoms with Crippen LogP contribution in [-0.4, -0.2) is 79.2 Å². The van der Waals surface area contributed by atoms with Crippen LogP contribution in [0, 0.1) is 56.2 Å². The number of ether oxygens (including phenoxy) is 1. The van der Waals surface area contributed by atoms with E-state index in [1.165, 1.54) is 5.57 Å². The highest BCUT2D eigenvalue weighted by Crippen LogP contribution is 2.76. The van der Waals surface area contributed by atoms with Crippen LogP contribution in [0.5, 0.6) is 0 Å². The average molecular weight is 647 g/mol. The Labute approximate surface area is 273 Å². The molecule has 46 heavy (non-hydrogen) atoms. The van der Waals surface area contributed by atoms with E-state index in [1.54, 1.807) is 0 Å². The third kappa shape index (κ3) is 4.50. The van der Waals surface area contributed by atoms with Gasteiger partial charge in [0, 0.05) is 0 Å². The molecule has 9 nitrogen and oxygen atoms in total. The van der Waals surface area contributed by atoms with E-state index in [0.717, 1.165) is 57.8 Å². The molecule has 0 spiro atoms. The molecule has 4 saturated carbocycles. The average Bonchev–Trinajstić information content (AvgIpc) is 2.95. The van der Waals surface area contributed by atoms with Crippen molar-refractivity contribution >= 4 is 11.9 Å². The van der Waals surface area contributed by atoms with E-state index < -0.39 is 54.0 Å². The molecular formula is C37H58O9. The Morgan fingerprint density at radius 1 is 0.826 bits per heavy atom. The predicted octanol–water partition coefficient (Wildman–Crippen LogP) is 4.78. The van der Waals surface area contributed by atoms with E-state index >= 15 is 0 Å². The molecule has 0 aromatic carbocycles. The lowest BCUT2D eigenvalue weighted by molar-refractivity contribution is -0.263. The van der Waals surface area contributed by atoms with Crippen LogP contribution >= 0.6 is 0 Å². The quantitative estimate of drug-likeness (QED) is 0.236. The molecule has 1 aliphatic heterocycles. The fraction of sp³-hybridized carbons (Fsp3) is 0.892. The number of hydrogen-bond donors (Lipinski definition) is 6. The first kappa shape index (κ1) is 34.3. The van der Waals surface area contributed by atoms with Gasteiger partial charge in [0.2, 0.25) is 0 Å². The summed E-state index contributed by atoms with van der Waals surface area (Å²) in [7, 11) is 0. The second-order valence-corrected chi connectivity index (χ2v) is 18.5. The van der Waals surface area contributed by atoms with E-state index in [-0.39, 0.29) is 44.8 Å². The van der Waals surface area contributed by atoms with E-state index in [2.05, 4.69) is 54.5 Å². The monoisotopic (exact) mass is 646 g/mol. The summed E-state index contributed by atoms with van der Waals surface area (Å²) < 4.78 is 5.61. The van der Waals surface area contributed by atoms with Crippen molar-refractivity contribution in [2.45, 2.75) is 149 Å². The van der Waals surface area contributed by atoms with Crippen molar-refractivity contribution in [2.75, 3.05) is 0 Å². The van der Waals surface area contributed by atoms with E-state index in [0.29, 0.717) is 12.3 Å². The molecule has 0 amide bonds. The van der Waals surface area contributed by atoms with Gasteiger partial charge in [-0.25, -0.2) is 4.79 Å². The molecule has 6 N–H and O–H groups in total. The van der Waals surface area contributed by atoms with E-state index in [9.17, 15) is 40.2 Å². The van der Waals surface area contributed by atoms with Crippen molar-refractivity contribution in [1.29, 1.82) is 0 Å². The third-order valence-electron chi connectivity index (χ3n) is 15.8. The van der Waals surface area contributed by atoms with Crippen LogP contribution in [0.2, 0.25) is 0 Å². The maximum absolute atomic E-state index is 13.0. The maximum atomic E-state index is 13.0. The topological polar surface area (TPSA) is 165 Å². The molecule has 7 unspecified atom stereocenters. The zero-order valence-electron chi connectivity index (χ0n) is 28.8. The Morgan fingerprint density at radius 2 is 1.48 bits per heavy atom. The van der Waals surface area contributed by atoms with Crippen LogP contribution in [0.3, 0.4) is 0 Å². The van der Waals surface area contributed by atoms with Gasteiger partial charge < -0.3 is 35.4 Å². The Morgan fingerprint density at radius 3 is 2.11 bits per heavy atom. The highest BCUT2D eigenvalue weighted by molar-refractivity contribution is 5.76. The highest BCUT2D eigenvalue weighted by Gasteiger charge is 2.70. The van der Waals surface area contributed by atoms with Crippen molar-refractivity contribution in [3.8, 4) is 0 Å². The molecule has 14 atom stereocenters. The first-order valence-electron chi connectivity index (χ1n) is 17.7. The van der Waals surface area contributed by atoms with Gasteiger partial charge >= 0.3 is 11.9 Å². The molecule has 260 valence electrons. The SMILES string of the molecule is CC1(C)CC[C@]2(C(=O)O)CC[C@]3(C)C(=CCC4[C@@]5(C)CC[C@@H](C(O)[C@@H]6OC(C(=O)O)[C@@H](O)C(O)C6O)C(C)(C)C5CC[C@]43C)C2C1. The Kier molecular flexibility index (Phi) is 8.02. The maximum Gasteiger partial charge on any atom is 0.335 e. The van der Waals surface area contributed by atoms with Crippen LogP contribution in [-0.2, 0) is 14.3 Å². The molecule has 1 heterocycles. The zero-order chi connectivity index (χ0) is 34.0. The van der Waals surface area contributed by atoms with Crippen molar-refractivity contribution in [3.63, 3.8) is 0 Å². The Bertz CT molecular complexity index is 1290. The first-order chi connectivity index (χ1) is 21.2. The molecular weight excluding hydrogens is 588 g/mol. The molecule has 6 aliphatic rings. The minimum Gasteiger partial charge on any atom is -0.481 e. The van der Waals surface area contributed by atoms with Gasteiger partial charge in [-0.3, -0.25) is 4.79 Å². The number of hydrogen-bond acceptors (Lipinski definition) is 7. The van der Waals surface area contributed by atoms with Crippen molar-refractivity contribution < 1.29 is 45.0 Å². The minimum absolute atomic E-state index is 0.00620. The van der Waals surface area contributed by atoms with Crippen LogP contribution in [0.4, 0.5) is 0 Å². The molecule has 0 aromatic heterocycles. The molecule has 9 heteroatoms. The van der Waals surface area contributed by atoms with Gasteiger partial charge in [0.05, 0.1) is 11.5 Å². The van der Waals surface area contributed by atoms with Gasteiger partial charge in [0.25, 0.3) is 0 Å². The largest absolute Gasteiger partial charge is 0.481 e. The van der Waals surface area contributed by atoms with Crippen molar-refractivity contribution in [2.24, 2.45) is 56.2 Å². The number of fused-ring (bicyclic) bond motifs is 7. The summed E-state index contributed by atoms with van der Waals surface area (Å²) in [5.74, 6) is -1.71. The smallest absolute Gasteiger partial charge is 0.335 e. The molecule has 0 aromatic rings. The van der Waals surface area contributed by atoms with Crippen LogP contribution in [0.25, 0.3) is 0 Å². The molecule has 6 rings (SSSR count). The van der Waals surface area contributed by atoms with Gasteiger partial charge in [-0.05, 0) is 115 Å². The number of carbonyl (C=O) groups is 2. The Balaban J connectivity index is 1.31. The number of aliphatic carboxylic acids is 2. The molecule has 5 aliphatic carbocycles. The summed E-state index contributed by atoms with van der Waals surface area (Å²) in [6.07, 6.45) is 1.61. The van der Waals surface area contributed by atoms with E-state index in [4.69, 9.17) is 4.74 Å². The number of aliphatic hydroxyl groups excluding tert-OH is 4. The summed E-state index contributed by atoms with van der Waals surface area (Å²) in [5, 5.41) is 63.5.